The number of carbonyl (C=O) groups excluding carboxylic acids is 2. The number of ether oxygens (including phenoxy) is 3. The number of anilines is 1. The molecule has 8 nitrogen and oxygen atoms in total. The van der Waals surface area contributed by atoms with Gasteiger partial charge >= 0.3 is 5.97 Å². The van der Waals surface area contributed by atoms with Crippen molar-refractivity contribution in [2.45, 2.75) is 58.5 Å². The zero-order valence-corrected chi connectivity index (χ0v) is 23.4. The molecule has 40 heavy (non-hydrogen) atoms. The molecule has 1 aliphatic rings. The van der Waals surface area contributed by atoms with Crippen LogP contribution in [0.4, 0.5) is 5.69 Å². The Labute approximate surface area is 235 Å². The number of benzene rings is 3. The van der Waals surface area contributed by atoms with Crippen molar-refractivity contribution in [2.24, 2.45) is 5.92 Å². The smallest absolute Gasteiger partial charge is 0.303 e. The zero-order valence-electron chi connectivity index (χ0n) is 23.4. The molecule has 0 radical (unpaired) electrons. The molecule has 8 heteroatoms. The van der Waals surface area contributed by atoms with Gasteiger partial charge in [0, 0.05) is 37.2 Å². The number of aliphatic hydroxyl groups excluding tert-OH is 1. The number of carbonyl (C=O) groups is 2. The molecule has 1 fully saturated rings. The standard InChI is InChI=1S/C32H38N2O6/c1-21-29(19-34(4)18-24-9-6-5-7-10-24)39-32(40-30(21)26-15-13-25(20-35)14-16-26)27-11-8-12-28(17-27)33-31(37)22(2)38-23(3)36/h5-17,21-22,29-30,32,35H,18-20H2,1-4H3,(H,33,37). The largest absolute Gasteiger partial charge is 0.453 e. The number of rotatable bonds is 10. The highest BCUT2D eigenvalue weighted by Crippen LogP contribution is 2.42. The first-order valence-corrected chi connectivity index (χ1v) is 13.5. The molecule has 0 bridgehead atoms. The fourth-order valence-electron chi connectivity index (χ4n) is 4.90. The van der Waals surface area contributed by atoms with Crippen molar-refractivity contribution < 1.29 is 28.9 Å². The molecular formula is C32H38N2O6. The SMILES string of the molecule is CC(=O)OC(C)C(=O)Nc1cccc(C2OC(CN(C)Cc3ccccc3)C(C)C(c3ccc(CO)cc3)O2)c1. The van der Waals surface area contributed by atoms with Gasteiger partial charge in [0.05, 0.1) is 18.8 Å². The Morgan fingerprint density at radius 2 is 1.70 bits per heavy atom. The van der Waals surface area contributed by atoms with Crippen LogP contribution in [0, 0.1) is 5.92 Å². The normalized spacial score (nSPS) is 21.6. The monoisotopic (exact) mass is 546 g/mol. The van der Waals surface area contributed by atoms with Crippen molar-refractivity contribution in [1.29, 1.82) is 0 Å². The summed E-state index contributed by atoms with van der Waals surface area (Å²) in [6.07, 6.45) is -1.97. The van der Waals surface area contributed by atoms with E-state index in [1.807, 2.05) is 60.7 Å². The van der Waals surface area contributed by atoms with Gasteiger partial charge in [-0.1, -0.05) is 73.7 Å². The van der Waals surface area contributed by atoms with Gasteiger partial charge in [-0.15, -0.1) is 0 Å². The quantitative estimate of drug-likeness (QED) is 0.346. The summed E-state index contributed by atoms with van der Waals surface area (Å²) in [5.74, 6) is -0.897. The molecular weight excluding hydrogens is 508 g/mol. The molecule has 0 aromatic heterocycles. The van der Waals surface area contributed by atoms with E-state index in [4.69, 9.17) is 14.2 Å². The zero-order chi connectivity index (χ0) is 28.6. The van der Waals surface area contributed by atoms with Gasteiger partial charge in [0.15, 0.2) is 12.4 Å². The van der Waals surface area contributed by atoms with Gasteiger partial charge in [0.2, 0.25) is 0 Å². The van der Waals surface area contributed by atoms with Crippen LogP contribution in [0.3, 0.4) is 0 Å². The third-order valence-corrected chi connectivity index (χ3v) is 7.05. The van der Waals surface area contributed by atoms with Crippen LogP contribution < -0.4 is 5.32 Å². The molecule has 0 aliphatic carbocycles. The Hall–Kier alpha value is -3.56. The van der Waals surface area contributed by atoms with Gasteiger partial charge < -0.3 is 24.6 Å². The average molecular weight is 547 g/mol. The predicted molar refractivity (Wildman–Crippen MR) is 152 cm³/mol. The Morgan fingerprint density at radius 1 is 0.975 bits per heavy atom. The summed E-state index contributed by atoms with van der Waals surface area (Å²) in [6.45, 7) is 6.39. The molecule has 1 aliphatic heterocycles. The van der Waals surface area contributed by atoms with E-state index < -0.39 is 24.3 Å². The van der Waals surface area contributed by atoms with Crippen LogP contribution in [0.5, 0.6) is 0 Å². The lowest BCUT2D eigenvalue weighted by atomic mass is 9.90. The fourth-order valence-corrected chi connectivity index (χ4v) is 4.90. The van der Waals surface area contributed by atoms with Crippen LogP contribution in [0.25, 0.3) is 0 Å². The molecule has 3 aromatic carbocycles. The van der Waals surface area contributed by atoms with E-state index >= 15 is 0 Å². The molecule has 1 heterocycles. The number of likely N-dealkylation sites (N-methyl/N-ethyl adjacent to an activating group) is 1. The Bertz CT molecular complexity index is 1270. The number of nitrogens with one attached hydrogen (secondary N) is 1. The number of hydrogen-bond donors (Lipinski definition) is 2. The average Bonchev–Trinajstić information content (AvgIpc) is 2.94. The number of amides is 1. The van der Waals surface area contributed by atoms with Gasteiger partial charge in [0.1, 0.15) is 0 Å². The van der Waals surface area contributed by atoms with Gasteiger partial charge in [-0.25, -0.2) is 0 Å². The minimum absolute atomic E-state index is 0.0193. The number of aliphatic hydroxyl groups is 1. The summed E-state index contributed by atoms with van der Waals surface area (Å²) in [6, 6.07) is 25.4. The molecule has 1 amide bonds. The van der Waals surface area contributed by atoms with Crippen LogP contribution in [-0.4, -0.2) is 47.7 Å². The number of nitrogens with zero attached hydrogens (tertiary/aromatic N) is 1. The minimum atomic E-state index is -0.917. The Morgan fingerprint density at radius 3 is 2.38 bits per heavy atom. The van der Waals surface area contributed by atoms with Crippen molar-refractivity contribution in [3.63, 3.8) is 0 Å². The predicted octanol–water partition coefficient (Wildman–Crippen LogP) is 4.99. The minimum Gasteiger partial charge on any atom is -0.453 e. The number of esters is 1. The van der Waals surface area contributed by atoms with E-state index in [-0.39, 0.29) is 24.7 Å². The van der Waals surface area contributed by atoms with E-state index in [2.05, 4.69) is 36.3 Å². The van der Waals surface area contributed by atoms with Crippen molar-refractivity contribution >= 4 is 17.6 Å². The molecule has 0 saturated carbocycles. The molecule has 5 unspecified atom stereocenters. The van der Waals surface area contributed by atoms with Crippen molar-refractivity contribution in [2.75, 3.05) is 18.9 Å². The fraction of sp³-hybridized carbons (Fsp3) is 0.375. The maximum absolute atomic E-state index is 12.5. The summed E-state index contributed by atoms with van der Waals surface area (Å²) in [7, 11) is 2.08. The van der Waals surface area contributed by atoms with Crippen molar-refractivity contribution in [3.05, 3.63) is 101 Å². The van der Waals surface area contributed by atoms with E-state index in [9.17, 15) is 14.7 Å². The maximum atomic E-state index is 12.5. The molecule has 2 N–H and O–H groups in total. The summed E-state index contributed by atoms with van der Waals surface area (Å²) in [4.78, 5) is 26.0. The third-order valence-electron chi connectivity index (χ3n) is 7.05. The van der Waals surface area contributed by atoms with Gasteiger partial charge in [0.25, 0.3) is 5.91 Å². The first-order chi connectivity index (χ1) is 19.2. The highest BCUT2D eigenvalue weighted by atomic mass is 16.7. The van der Waals surface area contributed by atoms with E-state index in [1.54, 1.807) is 6.07 Å². The number of hydrogen-bond acceptors (Lipinski definition) is 7. The van der Waals surface area contributed by atoms with Crippen molar-refractivity contribution in [3.8, 4) is 0 Å². The topological polar surface area (TPSA) is 97.3 Å². The van der Waals surface area contributed by atoms with Crippen LogP contribution in [0.1, 0.15) is 55.4 Å². The van der Waals surface area contributed by atoms with Gasteiger partial charge in [-0.2, -0.15) is 0 Å². The van der Waals surface area contributed by atoms with E-state index in [0.29, 0.717) is 12.2 Å². The van der Waals surface area contributed by atoms with Gasteiger partial charge in [-0.05, 0) is 42.8 Å². The first-order valence-electron chi connectivity index (χ1n) is 13.5. The molecule has 3 aromatic rings. The Kier molecular flexibility index (Phi) is 10.1. The molecule has 1 saturated heterocycles. The van der Waals surface area contributed by atoms with E-state index in [1.165, 1.54) is 19.4 Å². The second-order valence-electron chi connectivity index (χ2n) is 10.4. The molecule has 4 rings (SSSR count). The lowest BCUT2D eigenvalue weighted by Crippen LogP contribution is -2.43. The third kappa shape index (κ3) is 7.76. The summed E-state index contributed by atoms with van der Waals surface area (Å²) in [5.41, 5.74) is 4.38. The highest BCUT2D eigenvalue weighted by molar-refractivity contribution is 5.95. The maximum Gasteiger partial charge on any atom is 0.303 e. The summed E-state index contributed by atoms with van der Waals surface area (Å²) < 4.78 is 18.1. The van der Waals surface area contributed by atoms with E-state index in [0.717, 1.165) is 23.2 Å². The summed E-state index contributed by atoms with van der Waals surface area (Å²) >= 11 is 0. The molecule has 0 spiro atoms. The van der Waals surface area contributed by atoms with Crippen LogP contribution in [-0.2, 0) is 37.0 Å². The lowest BCUT2D eigenvalue weighted by Gasteiger charge is -2.42. The second-order valence-corrected chi connectivity index (χ2v) is 10.4. The first kappa shape index (κ1) is 29.4. The highest BCUT2D eigenvalue weighted by Gasteiger charge is 2.39. The van der Waals surface area contributed by atoms with Gasteiger partial charge in [-0.3, -0.25) is 14.5 Å². The molecule has 5 atom stereocenters. The Balaban J connectivity index is 1.56. The van der Waals surface area contributed by atoms with Crippen LogP contribution in [0.2, 0.25) is 0 Å². The summed E-state index contributed by atoms with van der Waals surface area (Å²) in [5, 5.41) is 12.3. The molecule has 212 valence electrons. The van der Waals surface area contributed by atoms with Crippen molar-refractivity contribution in [1.82, 2.24) is 4.90 Å². The second kappa shape index (κ2) is 13.7. The van der Waals surface area contributed by atoms with Crippen LogP contribution in [0.15, 0.2) is 78.9 Å². The van der Waals surface area contributed by atoms with Crippen LogP contribution >= 0.6 is 0 Å². The lowest BCUT2D eigenvalue weighted by molar-refractivity contribution is -0.276.